The van der Waals surface area contributed by atoms with E-state index in [1.807, 2.05) is 30.5 Å². The van der Waals surface area contributed by atoms with Crippen molar-refractivity contribution in [1.29, 1.82) is 0 Å². The SMILES string of the molecule is CSc1ccccc1C(=O)Nc1ccncc1. The van der Waals surface area contributed by atoms with Gasteiger partial charge in [-0.2, -0.15) is 0 Å². The number of thioether (sulfide) groups is 1. The molecule has 0 saturated heterocycles. The van der Waals surface area contributed by atoms with E-state index in [0.29, 0.717) is 5.56 Å². The van der Waals surface area contributed by atoms with Crippen LogP contribution in [-0.2, 0) is 0 Å². The molecule has 17 heavy (non-hydrogen) atoms. The fraction of sp³-hybridized carbons (Fsp3) is 0.0769. The van der Waals surface area contributed by atoms with Crippen molar-refractivity contribution in [2.75, 3.05) is 11.6 Å². The third-order valence-corrected chi connectivity index (χ3v) is 3.09. The molecular formula is C13H12N2OS. The van der Waals surface area contributed by atoms with Gasteiger partial charge in [0.25, 0.3) is 5.91 Å². The lowest BCUT2D eigenvalue weighted by atomic mass is 10.2. The first-order chi connectivity index (χ1) is 8.31. The van der Waals surface area contributed by atoms with Crippen LogP contribution in [0.3, 0.4) is 0 Å². The van der Waals surface area contributed by atoms with Gasteiger partial charge in [0.2, 0.25) is 0 Å². The molecule has 1 amide bonds. The summed E-state index contributed by atoms with van der Waals surface area (Å²) in [4.78, 5) is 16.9. The highest BCUT2D eigenvalue weighted by atomic mass is 32.2. The molecule has 4 heteroatoms. The summed E-state index contributed by atoms with van der Waals surface area (Å²) >= 11 is 1.56. The number of pyridine rings is 1. The number of nitrogens with one attached hydrogen (secondary N) is 1. The molecule has 0 aliphatic heterocycles. The minimum atomic E-state index is -0.0962. The van der Waals surface area contributed by atoms with Crippen LogP contribution in [0, 0.1) is 0 Å². The van der Waals surface area contributed by atoms with Crippen molar-refractivity contribution in [3.05, 3.63) is 54.4 Å². The lowest BCUT2D eigenvalue weighted by Gasteiger charge is -2.07. The summed E-state index contributed by atoms with van der Waals surface area (Å²) in [5.74, 6) is -0.0962. The quantitative estimate of drug-likeness (QED) is 0.844. The molecule has 0 bridgehead atoms. The largest absolute Gasteiger partial charge is 0.322 e. The lowest BCUT2D eigenvalue weighted by Crippen LogP contribution is -2.12. The molecular weight excluding hydrogens is 232 g/mol. The number of amides is 1. The summed E-state index contributed by atoms with van der Waals surface area (Å²) in [5, 5.41) is 2.84. The van der Waals surface area contributed by atoms with Crippen LogP contribution in [0.4, 0.5) is 5.69 Å². The van der Waals surface area contributed by atoms with Crippen molar-refractivity contribution in [2.45, 2.75) is 4.90 Å². The number of aromatic nitrogens is 1. The predicted octanol–water partition coefficient (Wildman–Crippen LogP) is 3.06. The Morgan fingerprint density at radius 1 is 1.18 bits per heavy atom. The highest BCUT2D eigenvalue weighted by molar-refractivity contribution is 7.98. The van der Waals surface area contributed by atoms with E-state index >= 15 is 0 Å². The molecule has 1 N–H and O–H groups in total. The standard InChI is InChI=1S/C13H12N2OS/c1-17-12-5-3-2-4-11(12)13(16)15-10-6-8-14-9-7-10/h2-9H,1H3,(H,14,15,16). The summed E-state index contributed by atoms with van der Waals surface area (Å²) < 4.78 is 0. The molecule has 3 nitrogen and oxygen atoms in total. The molecule has 0 fully saturated rings. The first kappa shape index (κ1) is 11.7. The fourth-order valence-electron chi connectivity index (χ4n) is 1.47. The Kier molecular flexibility index (Phi) is 3.77. The Balaban J connectivity index is 2.20. The van der Waals surface area contributed by atoms with Crippen LogP contribution in [0.25, 0.3) is 0 Å². The van der Waals surface area contributed by atoms with Crippen molar-refractivity contribution in [2.24, 2.45) is 0 Å². The Morgan fingerprint density at radius 3 is 2.59 bits per heavy atom. The third kappa shape index (κ3) is 2.85. The first-order valence-corrected chi connectivity index (χ1v) is 6.38. The maximum Gasteiger partial charge on any atom is 0.256 e. The second-order valence-electron chi connectivity index (χ2n) is 3.39. The predicted molar refractivity (Wildman–Crippen MR) is 70.4 cm³/mol. The van der Waals surface area contributed by atoms with Crippen molar-refractivity contribution in [3.8, 4) is 0 Å². The van der Waals surface area contributed by atoms with Gasteiger partial charge in [-0.25, -0.2) is 0 Å². The van der Waals surface area contributed by atoms with Crippen LogP contribution in [0.15, 0.2) is 53.7 Å². The average molecular weight is 244 g/mol. The van der Waals surface area contributed by atoms with Crippen LogP contribution in [0.1, 0.15) is 10.4 Å². The fourth-order valence-corrected chi connectivity index (χ4v) is 2.06. The van der Waals surface area contributed by atoms with Gasteiger partial charge in [-0.15, -0.1) is 11.8 Å². The summed E-state index contributed by atoms with van der Waals surface area (Å²) in [6.45, 7) is 0. The molecule has 1 heterocycles. The molecule has 0 aliphatic carbocycles. The zero-order chi connectivity index (χ0) is 12.1. The van der Waals surface area contributed by atoms with Crippen LogP contribution >= 0.6 is 11.8 Å². The van der Waals surface area contributed by atoms with E-state index < -0.39 is 0 Å². The summed E-state index contributed by atoms with van der Waals surface area (Å²) in [5.41, 5.74) is 1.44. The molecule has 0 spiro atoms. The minimum Gasteiger partial charge on any atom is -0.322 e. The zero-order valence-corrected chi connectivity index (χ0v) is 10.2. The summed E-state index contributed by atoms with van der Waals surface area (Å²) in [6, 6.07) is 11.1. The molecule has 0 unspecified atom stereocenters. The summed E-state index contributed by atoms with van der Waals surface area (Å²) in [7, 11) is 0. The van der Waals surface area contributed by atoms with Gasteiger partial charge in [0.15, 0.2) is 0 Å². The average Bonchev–Trinajstić information content (AvgIpc) is 2.40. The summed E-state index contributed by atoms with van der Waals surface area (Å²) in [6.07, 6.45) is 5.25. The first-order valence-electron chi connectivity index (χ1n) is 5.15. The molecule has 86 valence electrons. The molecule has 2 aromatic rings. The number of rotatable bonds is 3. The van der Waals surface area contributed by atoms with E-state index in [1.54, 1.807) is 36.3 Å². The van der Waals surface area contributed by atoms with Gasteiger partial charge in [0.1, 0.15) is 0 Å². The number of anilines is 1. The van der Waals surface area contributed by atoms with E-state index in [2.05, 4.69) is 10.3 Å². The van der Waals surface area contributed by atoms with Gasteiger partial charge in [-0.3, -0.25) is 9.78 Å². The van der Waals surface area contributed by atoms with Gasteiger partial charge < -0.3 is 5.32 Å². The van der Waals surface area contributed by atoms with Crippen molar-refractivity contribution in [3.63, 3.8) is 0 Å². The highest BCUT2D eigenvalue weighted by Gasteiger charge is 2.09. The minimum absolute atomic E-state index is 0.0962. The lowest BCUT2D eigenvalue weighted by molar-refractivity contribution is 0.102. The Bertz CT molecular complexity index is 514. The smallest absolute Gasteiger partial charge is 0.256 e. The van der Waals surface area contributed by atoms with E-state index in [9.17, 15) is 4.79 Å². The number of carbonyl (C=O) groups is 1. The molecule has 1 aromatic heterocycles. The van der Waals surface area contributed by atoms with E-state index in [4.69, 9.17) is 0 Å². The highest BCUT2D eigenvalue weighted by Crippen LogP contribution is 2.20. The third-order valence-electron chi connectivity index (χ3n) is 2.29. The van der Waals surface area contributed by atoms with Gasteiger partial charge >= 0.3 is 0 Å². The number of hydrogen-bond donors (Lipinski definition) is 1. The van der Waals surface area contributed by atoms with E-state index in [0.717, 1.165) is 10.6 Å². The molecule has 0 saturated carbocycles. The topological polar surface area (TPSA) is 42.0 Å². The number of carbonyl (C=O) groups excluding carboxylic acids is 1. The second kappa shape index (κ2) is 5.50. The van der Waals surface area contributed by atoms with E-state index in [1.165, 1.54) is 0 Å². The van der Waals surface area contributed by atoms with Gasteiger partial charge in [-0.1, -0.05) is 12.1 Å². The number of hydrogen-bond acceptors (Lipinski definition) is 3. The molecule has 0 radical (unpaired) electrons. The van der Waals surface area contributed by atoms with Crippen LogP contribution in [0.2, 0.25) is 0 Å². The molecule has 0 aliphatic rings. The van der Waals surface area contributed by atoms with Crippen LogP contribution in [-0.4, -0.2) is 17.1 Å². The monoisotopic (exact) mass is 244 g/mol. The maximum atomic E-state index is 12.0. The maximum absolute atomic E-state index is 12.0. The normalized spacial score (nSPS) is 9.94. The van der Waals surface area contributed by atoms with Crippen LogP contribution in [0.5, 0.6) is 0 Å². The second-order valence-corrected chi connectivity index (χ2v) is 4.24. The van der Waals surface area contributed by atoms with E-state index in [-0.39, 0.29) is 5.91 Å². The zero-order valence-electron chi connectivity index (χ0n) is 9.38. The molecule has 1 aromatic carbocycles. The van der Waals surface area contributed by atoms with Crippen LogP contribution < -0.4 is 5.32 Å². The Morgan fingerprint density at radius 2 is 1.88 bits per heavy atom. The Labute approximate surface area is 104 Å². The molecule has 2 rings (SSSR count). The number of nitrogens with zero attached hydrogens (tertiary/aromatic N) is 1. The Hall–Kier alpha value is -1.81. The van der Waals surface area contributed by atoms with Gasteiger partial charge in [-0.05, 0) is 30.5 Å². The van der Waals surface area contributed by atoms with Crippen molar-refractivity contribution < 1.29 is 4.79 Å². The molecule has 0 atom stereocenters. The van der Waals surface area contributed by atoms with Gasteiger partial charge in [0.05, 0.1) is 5.56 Å². The van der Waals surface area contributed by atoms with Crippen molar-refractivity contribution in [1.82, 2.24) is 4.98 Å². The van der Waals surface area contributed by atoms with Gasteiger partial charge in [0, 0.05) is 23.0 Å². The van der Waals surface area contributed by atoms with Crippen molar-refractivity contribution >= 4 is 23.4 Å². The number of benzene rings is 1.